The van der Waals surface area contributed by atoms with Gasteiger partial charge in [0, 0.05) is 15.6 Å². The van der Waals surface area contributed by atoms with E-state index in [2.05, 4.69) is 31.5 Å². The highest BCUT2D eigenvalue weighted by Crippen LogP contribution is 2.56. The van der Waals surface area contributed by atoms with E-state index in [4.69, 9.17) is 0 Å². The molecule has 4 nitrogen and oxygen atoms in total. The number of rotatable bonds is 4. The van der Waals surface area contributed by atoms with Crippen molar-refractivity contribution in [3.05, 3.63) is 52.6 Å². The van der Waals surface area contributed by atoms with E-state index in [-0.39, 0.29) is 11.4 Å². The second kappa shape index (κ2) is 6.62. The molecule has 5 heteroatoms. The first-order valence-corrected chi connectivity index (χ1v) is 10.7. The Balaban J connectivity index is 1.25. The molecule has 4 aliphatic rings. The molecule has 1 aromatic heterocycles. The van der Waals surface area contributed by atoms with Gasteiger partial charge in [0.25, 0.3) is 5.91 Å². The Morgan fingerprint density at radius 3 is 2.15 bits per heavy atom. The van der Waals surface area contributed by atoms with Crippen molar-refractivity contribution < 1.29 is 4.79 Å². The number of benzene rings is 1. The van der Waals surface area contributed by atoms with Crippen molar-refractivity contribution in [2.24, 2.45) is 17.8 Å². The van der Waals surface area contributed by atoms with Crippen LogP contribution in [0.1, 0.15) is 48.9 Å². The lowest BCUT2D eigenvalue weighted by molar-refractivity contribution is 0.0105. The van der Waals surface area contributed by atoms with E-state index in [1.54, 1.807) is 18.3 Å². The second-order valence-corrected chi connectivity index (χ2v) is 9.63. The summed E-state index contributed by atoms with van der Waals surface area (Å²) in [6.45, 7) is 0. The number of amides is 1. The van der Waals surface area contributed by atoms with Crippen molar-refractivity contribution in [2.45, 2.75) is 44.1 Å². The molecule has 4 bridgehead atoms. The fraction of sp³-hybridized carbons (Fsp3) is 0.455. The molecule has 2 N–H and O–H groups in total. The number of hydrogen-bond donors (Lipinski definition) is 2. The van der Waals surface area contributed by atoms with E-state index in [0.717, 1.165) is 33.7 Å². The lowest BCUT2D eigenvalue weighted by Gasteiger charge is -2.57. The minimum Gasteiger partial charge on any atom is -0.365 e. The van der Waals surface area contributed by atoms with Gasteiger partial charge in [0.05, 0.1) is 11.9 Å². The van der Waals surface area contributed by atoms with Crippen molar-refractivity contribution in [1.82, 2.24) is 4.98 Å². The van der Waals surface area contributed by atoms with Gasteiger partial charge in [0.1, 0.15) is 5.82 Å². The molecular weight excluding hydrogens is 402 g/mol. The molecule has 6 rings (SSSR count). The van der Waals surface area contributed by atoms with E-state index in [1.807, 2.05) is 24.3 Å². The number of hydrogen-bond acceptors (Lipinski definition) is 3. The summed E-state index contributed by atoms with van der Waals surface area (Å²) in [4.78, 5) is 16.9. The maximum Gasteiger partial charge on any atom is 0.255 e. The number of nitrogens with zero attached hydrogens (tertiary/aromatic N) is 1. The highest BCUT2D eigenvalue weighted by Gasteiger charge is 2.51. The Bertz CT molecular complexity index is 812. The largest absolute Gasteiger partial charge is 0.365 e. The van der Waals surface area contributed by atoms with Crippen LogP contribution in [0.5, 0.6) is 0 Å². The molecule has 1 aromatic carbocycles. The molecule has 4 saturated carbocycles. The maximum atomic E-state index is 12.3. The summed E-state index contributed by atoms with van der Waals surface area (Å²) >= 11 is 3.39. The SMILES string of the molecule is O=C(Nc1ccc(NC23CC4CC(CC(C4)C2)C3)nc1)c1ccc(Br)cc1. The number of carbonyl (C=O) groups excluding carboxylic acids is 1. The standard InChI is InChI=1S/C22H24BrN3O/c23-18-3-1-17(2-4-18)21(27)25-19-5-6-20(24-13-19)26-22-10-14-7-15(11-22)9-16(8-14)12-22/h1-6,13-16H,7-12H2,(H,24,26)(H,25,27). The predicted molar refractivity (Wildman–Crippen MR) is 111 cm³/mol. The average Bonchev–Trinajstić information content (AvgIpc) is 2.62. The zero-order chi connectivity index (χ0) is 18.4. The Labute approximate surface area is 168 Å². The molecule has 0 radical (unpaired) electrons. The molecule has 1 heterocycles. The monoisotopic (exact) mass is 425 g/mol. The zero-order valence-corrected chi connectivity index (χ0v) is 16.8. The summed E-state index contributed by atoms with van der Waals surface area (Å²) in [5.41, 5.74) is 1.61. The first-order chi connectivity index (χ1) is 13.1. The van der Waals surface area contributed by atoms with E-state index in [9.17, 15) is 4.79 Å². The van der Waals surface area contributed by atoms with Gasteiger partial charge in [-0.15, -0.1) is 0 Å². The summed E-state index contributed by atoms with van der Waals surface area (Å²) in [7, 11) is 0. The summed E-state index contributed by atoms with van der Waals surface area (Å²) in [5, 5.41) is 6.70. The number of anilines is 2. The van der Waals surface area contributed by atoms with Crippen LogP contribution in [-0.4, -0.2) is 16.4 Å². The van der Waals surface area contributed by atoms with E-state index in [0.29, 0.717) is 5.56 Å². The summed E-state index contributed by atoms with van der Waals surface area (Å²) in [5.74, 6) is 3.54. The fourth-order valence-electron chi connectivity index (χ4n) is 5.88. The van der Waals surface area contributed by atoms with Gasteiger partial charge in [0.2, 0.25) is 0 Å². The lowest BCUT2D eigenvalue weighted by atomic mass is 9.53. The van der Waals surface area contributed by atoms with Crippen molar-refractivity contribution in [3.63, 3.8) is 0 Å². The molecule has 140 valence electrons. The summed E-state index contributed by atoms with van der Waals surface area (Å²) in [6, 6.07) is 11.3. The minimum atomic E-state index is -0.119. The number of nitrogens with one attached hydrogen (secondary N) is 2. The average molecular weight is 426 g/mol. The van der Waals surface area contributed by atoms with Crippen LogP contribution in [0.15, 0.2) is 47.1 Å². The van der Waals surface area contributed by atoms with Crippen molar-refractivity contribution in [3.8, 4) is 0 Å². The molecule has 2 aromatic rings. The van der Waals surface area contributed by atoms with Gasteiger partial charge in [-0.2, -0.15) is 0 Å². The first kappa shape index (κ1) is 17.2. The van der Waals surface area contributed by atoms with E-state index < -0.39 is 0 Å². The van der Waals surface area contributed by atoms with Gasteiger partial charge in [0.15, 0.2) is 0 Å². The van der Waals surface area contributed by atoms with Gasteiger partial charge >= 0.3 is 0 Å². The Morgan fingerprint density at radius 2 is 1.59 bits per heavy atom. The second-order valence-electron chi connectivity index (χ2n) is 8.72. The molecule has 4 fully saturated rings. The molecule has 1 amide bonds. The van der Waals surface area contributed by atoms with Gasteiger partial charge in [-0.1, -0.05) is 15.9 Å². The number of pyridine rings is 1. The lowest BCUT2D eigenvalue weighted by Crippen LogP contribution is -2.54. The van der Waals surface area contributed by atoms with Crippen molar-refractivity contribution in [2.75, 3.05) is 10.6 Å². The Hall–Kier alpha value is -1.88. The van der Waals surface area contributed by atoms with Gasteiger partial charge in [-0.25, -0.2) is 4.98 Å². The topological polar surface area (TPSA) is 54.0 Å². The fourth-order valence-corrected chi connectivity index (χ4v) is 6.15. The van der Waals surface area contributed by atoms with Gasteiger partial charge < -0.3 is 10.6 Å². The smallest absolute Gasteiger partial charge is 0.255 e. The normalized spacial score (nSPS) is 30.9. The number of carbonyl (C=O) groups is 1. The molecule has 0 unspecified atom stereocenters. The van der Waals surface area contributed by atoms with Crippen molar-refractivity contribution in [1.29, 1.82) is 0 Å². The van der Waals surface area contributed by atoms with Crippen LogP contribution >= 0.6 is 15.9 Å². The van der Waals surface area contributed by atoms with Crippen LogP contribution in [-0.2, 0) is 0 Å². The molecule has 0 spiro atoms. The van der Waals surface area contributed by atoms with Gasteiger partial charge in [-0.3, -0.25) is 4.79 Å². The molecule has 0 saturated heterocycles. The van der Waals surface area contributed by atoms with Crippen LogP contribution < -0.4 is 10.6 Å². The molecular formula is C22H24BrN3O. The maximum absolute atomic E-state index is 12.3. The number of aromatic nitrogens is 1. The van der Waals surface area contributed by atoms with Crippen LogP contribution in [0.3, 0.4) is 0 Å². The molecule has 4 aliphatic carbocycles. The minimum absolute atomic E-state index is 0.119. The third-order valence-corrected chi connectivity index (χ3v) is 7.09. The van der Waals surface area contributed by atoms with Crippen LogP contribution in [0.25, 0.3) is 0 Å². The van der Waals surface area contributed by atoms with Crippen LogP contribution in [0.2, 0.25) is 0 Å². The van der Waals surface area contributed by atoms with E-state index in [1.165, 1.54) is 38.5 Å². The van der Waals surface area contributed by atoms with Crippen molar-refractivity contribution >= 4 is 33.3 Å². The van der Waals surface area contributed by atoms with Crippen LogP contribution in [0.4, 0.5) is 11.5 Å². The zero-order valence-electron chi connectivity index (χ0n) is 15.2. The predicted octanol–water partition coefficient (Wildman–Crippen LogP) is 5.48. The quantitative estimate of drug-likeness (QED) is 0.681. The molecule has 0 aliphatic heterocycles. The Morgan fingerprint density at radius 1 is 0.963 bits per heavy atom. The third-order valence-electron chi connectivity index (χ3n) is 6.56. The third kappa shape index (κ3) is 3.49. The van der Waals surface area contributed by atoms with E-state index >= 15 is 0 Å². The van der Waals surface area contributed by atoms with Crippen LogP contribution in [0, 0.1) is 17.8 Å². The summed E-state index contributed by atoms with van der Waals surface area (Å²) < 4.78 is 0.959. The molecule has 27 heavy (non-hydrogen) atoms. The number of halogens is 1. The summed E-state index contributed by atoms with van der Waals surface area (Å²) in [6.07, 6.45) is 9.95. The highest BCUT2D eigenvalue weighted by atomic mass is 79.9. The highest BCUT2D eigenvalue weighted by molar-refractivity contribution is 9.10. The van der Waals surface area contributed by atoms with Gasteiger partial charge in [-0.05, 0) is 92.7 Å². The molecule has 0 atom stereocenters. The first-order valence-electron chi connectivity index (χ1n) is 9.88. The Kier molecular flexibility index (Phi) is 4.23.